The Labute approximate surface area is 97.8 Å². The predicted molar refractivity (Wildman–Crippen MR) is 62.3 cm³/mol. The molecule has 1 aromatic heterocycles. The van der Waals surface area contributed by atoms with Gasteiger partial charge in [-0.25, -0.2) is 9.97 Å². The van der Waals surface area contributed by atoms with Crippen LogP contribution in [0.15, 0.2) is 12.4 Å². The largest absolute Gasteiger partial charge is 0.377 e. The molecule has 15 heavy (non-hydrogen) atoms. The van der Waals surface area contributed by atoms with Gasteiger partial charge in [-0.2, -0.15) is 0 Å². The van der Waals surface area contributed by atoms with E-state index in [1.165, 1.54) is 0 Å². The number of morpholine rings is 1. The van der Waals surface area contributed by atoms with E-state index in [-0.39, 0.29) is 0 Å². The van der Waals surface area contributed by atoms with Gasteiger partial charge in [0.2, 0.25) is 5.95 Å². The topological polar surface area (TPSA) is 38.2 Å². The molecule has 0 saturated carbocycles. The number of halogens is 1. The molecule has 1 fully saturated rings. The van der Waals surface area contributed by atoms with Crippen molar-refractivity contribution in [3.8, 4) is 0 Å². The van der Waals surface area contributed by atoms with Gasteiger partial charge in [0.25, 0.3) is 0 Å². The number of alkyl halides is 1. The number of anilines is 1. The lowest BCUT2D eigenvalue weighted by Gasteiger charge is -2.33. The van der Waals surface area contributed by atoms with Gasteiger partial charge in [-0.05, 0) is 12.5 Å². The molecule has 0 spiro atoms. The first-order chi connectivity index (χ1) is 7.31. The van der Waals surface area contributed by atoms with Gasteiger partial charge in [-0.15, -0.1) is 0 Å². The minimum Gasteiger partial charge on any atom is -0.377 e. The lowest BCUT2D eigenvalue weighted by molar-refractivity contribution is 0.0981. The molecule has 0 radical (unpaired) electrons. The van der Waals surface area contributed by atoms with Crippen LogP contribution in [-0.4, -0.2) is 35.8 Å². The highest BCUT2D eigenvalue weighted by Gasteiger charge is 2.20. The maximum absolute atomic E-state index is 5.37. The highest BCUT2D eigenvalue weighted by molar-refractivity contribution is 9.08. The molecule has 5 heteroatoms. The molecule has 1 aliphatic rings. The standard InChI is InChI=1S/C10H14BrN3O/c1-8-7-15-3-2-14(8)10-12-5-9(4-11)6-13-10/h5-6,8H,2-4,7H2,1H3. The number of nitrogens with zero attached hydrogens (tertiary/aromatic N) is 3. The van der Waals surface area contributed by atoms with Crippen molar-refractivity contribution in [3.05, 3.63) is 18.0 Å². The molecule has 0 aliphatic carbocycles. The van der Waals surface area contributed by atoms with E-state index >= 15 is 0 Å². The second-order valence-corrected chi connectivity index (χ2v) is 4.20. The highest BCUT2D eigenvalue weighted by atomic mass is 79.9. The summed E-state index contributed by atoms with van der Waals surface area (Å²) in [5.41, 5.74) is 1.10. The fraction of sp³-hybridized carbons (Fsp3) is 0.600. The van der Waals surface area contributed by atoms with Crippen LogP contribution >= 0.6 is 15.9 Å². The maximum atomic E-state index is 5.37. The Hall–Kier alpha value is -0.680. The van der Waals surface area contributed by atoms with E-state index in [9.17, 15) is 0 Å². The summed E-state index contributed by atoms with van der Waals surface area (Å²) in [5, 5.41) is 0.798. The SMILES string of the molecule is CC1COCCN1c1ncc(CBr)cn1. The number of hydrogen-bond donors (Lipinski definition) is 0. The third-order valence-electron chi connectivity index (χ3n) is 2.47. The first-order valence-corrected chi connectivity index (χ1v) is 6.14. The van der Waals surface area contributed by atoms with E-state index in [2.05, 4.69) is 37.7 Å². The minimum absolute atomic E-state index is 0.355. The van der Waals surface area contributed by atoms with E-state index < -0.39 is 0 Å². The summed E-state index contributed by atoms with van der Waals surface area (Å²) in [6.45, 7) is 4.51. The third kappa shape index (κ3) is 2.46. The summed E-state index contributed by atoms with van der Waals surface area (Å²) in [5.74, 6) is 0.801. The van der Waals surface area contributed by atoms with Crippen LogP contribution in [0.5, 0.6) is 0 Å². The van der Waals surface area contributed by atoms with E-state index in [1.54, 1.807) is 0 Å². The van der Waals surface area contributed by atoms with E-state index in [0.717, 1.165) is 36.6 Å². The van der Waals surface area contributed by atoms with Crippen molar-refractivity contribution in [2.45, 2.75) is 18.3 Å². The summed E-state index contributed by atoms with van der Waals surface area (Å²) < 4.78 is 5.37. The maximum Gasteiger partial charge on any atom is 0.225 e. The van der Waals surface area contributed by atoms with Gasteiger partial charge in [0.1, 0.15) is 0 Å². The van der Waals surface area contributed by atoms with Gasteiger partial charge < -0.3 is 9.64 Å². The zero-order valence-electron chi connectivity index (χ0n) is 8.69. The normalized spacial score (nSPS) is 21.7. The van der Waals surface area contributed by atoms with Crippen LogP contribution in [0.3, 0.4) is 0 Å². The van der Waals surface area contributed by atoms with Crippen LogP contribution in [0.1, 0.15) is 12.5 Å². The Balaban J connectivity index is 2.13. The fourth-order valence-electron chi connectivity index (χ4n) is 1.59. The predicted octanol–water partition coefficient (Wildman–Crippen LogP) is 1.60. The quantitative estimate of drug-likeness (QED) is 0.766. The van der Waals surface area contributed by atoms with Crippen LogP contribution in [-0.2, 0) is 10.1 Å². The Bertz CT molecular complexity index is 317. The molecular weight excluding hydrogens is 258 g/mol. The first-order valence-electron chi connectivity index (χ1n) is 5.02. The summed E-state index contributed by atoms with van der Waals surface area (Å²) in [6, 6.07) is 0.355. The molecule has 0 N–H and O–H groups in total. The summed E-state index contributed by atoms with van der Waals surface area (Å²) in [7, 11) is 0. The average Bonchev–Trinajstić information content (AvgIpc) is 2.30. The molecule has 0 aromatic carbocycles. The van der Waals surface area contributed by atoms with Crippen LogP contribution in [0.4, 0.5) is 5.95 Å². The summed E-state index contributed by atoms with van der Waals surface area (Å²) >= 11 is 3.38. The van der Waals surface area contributed by atoms with Crippen molar-refractivity contribution in [1.29, 1.82) is 0 Å². The summed E-state index contributed by atoms with van der Waals surface area (Å²) in [6.07, 6.45) is 3.72. The van der Waals surface area contributed by atoms with Gasteiger partial charge in [-0.3, -0.25) is 0 Å². The zero-order chi connectivity index (χ0) is 10.7. The lowest BCUT2D eigenvalue weighted by atomic mass is 10.3. The number of hydrogen-bond acceptors (Lipinski definition) is 4. The molecule has 1 aromatic rings. The van der Waals surface area contributed by atoms with E-state index in [1.807, 2.05) is 12.4 Å². The van der Waals surface area contributed by atoms with E-state index in [4.69, 9.17) is 4.74 Å². The molecule has 1 saturated heterocycles. The number of rotatable bonds is 2. The molecule has 0 amide bonds. The lowest BCUT2D eigenvalue weighted by Crippen LogP contribution is -2.44. The van der Waals surface area contributed by atoms with Crippen LogP contribution in [0, 0.1) is 0 Å². The minimum atomic E-state index is 0.355. The molecular formula is C10H14BrN3O. The number of aromatic nitrogens is 2. The molecule has 1 aliphatic heterocycles. The average molecular weight is 272 g/mol. The van der Waals surface area contributed by atoms with Gasteiger partial charge in [0.05, 0.1) is 19.3 Å². The smallest absolute Gasteiger partial charge is 0.225 e. The second-order valence-electron chi connectivity index (χ2n) is 3.64. The van der Waals surface area contributed by atoms with Gasteiger partial charge in [0, 0.05) is 24.3 Å². The summed E-state index contributed by atoms with van der Waals surface area (Å²) in [4.78, 5) is 10.9. The van der Waals surface area contributed by atoms with Gasteiger partial charge in [-0.1, -0.05) is 15.9 Å². The van der Waals surface area contributed by atoms with Crippen molar-refractivity contribution >= 4 is 21.9 Å². The Kier molecular flexibility index (Phi) is 3.53. The van der Waals surface area contributed by atoms with Gasteiger partial charge in [0.15, 0.2) is 0 Å². The molecule has 2 rings (SSSR count). The van der Waals surface area contributed by atoms with Crippen LogP contribution < -0.4 is 4.90 Å². The Morgan fingerprint density at radius 1 is 1.53 bits per heavy atom. The monoisotopic (exact) mass is 271 g/mol. The van der Waals surface area contributed by atoms with Crippen molar-refractivity contribution in [2.24, 2.45) is 0 Å². The molecule has 1 unspecified atom stereocenters. The molecule has 82 valence electrons. The first kappa shape index (κ1) is 10.8. The molecule has 2 heterocycles. The van der Waals surface area contributed by atoms with E-state index in [0.29, 0.717) is 6.04 Å². The zero-order valence-corrected chi connectivity index (χ0v) is 10.3. The fourth-order valence-corrected chi connectivity index (χ4v) is 1.88. The van der Waals surface area contributed by atoms with Crippen molar-refractivity contribution in [2.75, 3.05) is 24.7 Å². The Morgan fingerprint density at radius 3 is 2.87 bits per heavy atom. The number of ether oxygens (including phenoxy) is 1. The molecule has 0 bridgehead atoms. The molecule has 4 nitrogen and oxygen atoms in total. The van der Waals surface area contributed by atoms with Gasteiger partial charge >= 0.3 is 0 Å². The highest BCUT2D eigenvalue weighted by Crippen LogP contribution is 2.14. The van der Waals surface area contributed by atoms with Crippen molar-refractivity contribution < 1.29 is 4.74 Å². The third-order valence-corrected chi connectivity index (χ3v) is 3.12. The molecule has 1 atom stereocenters. The van der Waals surface area contributed by atoms with Crippen molar-refractivity contribution in [1.82, 2.24) is 9.97 Å². The van der Waals surface area contributed by atoms with Crippen LogP contribution in [0.2, 0.25) is 0 Å². The van der Waals surface area contributed by atoms with Crippen LogP contribution in [0.25, 0.3) is 0 Å². The Morgan fingerprint density at radius 2 is 2.27 bits per heavy atom. The second kappa shape index (κ2) is 4.90. The van der Waals surface area contributed by atoms with Crippen molar-refractivity contribution in [3.63, 3.8) is 0 Å².